The number of hydrogen-bond donors (Lipinski definition) is 2. The fourth-order valence-electron chi connectivity index (χ4n) is 0.631. The van der Waals surface area contributed by atoms with Gasteiger partial charge in [-0.2, -0.15) is 0 Å². The summed E-state index contributed by atoms with van der Waals surface area (Å²) in [6, 6.07) is -0.549. The molecule has 5 heteroatoms. The SMILES string of the molecule is CCOC(=O)C(C)NC(C)=O.CN. The lowest BCUT2D eigenvalue weighted by atomic mass is 10.3. The zero-order valence-electron chi connectivity index (χ0n) is 8.59. The molecule has 0 heterocycles. The minimum Gasteiger partial charge on any atom is -0.464 e. The van der Waals surface area contributed by atoms with Crippen LogP contribution in [0.3, 0.4) is 0 Å². The van der Waals surface area contributed by atoms with Crippen LogP contribution in [0.15, 0.2) is 0 Å². The molecule has 0 fully saturated rings. The maximum absolute atomic E-state index is 10.8. The summed E-state index contributed by atoms with van der Waals surface area (Å²) < 4.78 is 4.65. The van der Waals surface area contributed by atoms with Gasteiger partial charge < -0.3 is 15.8 Å². The number of carbonyl (C=O) groups excluding carboxylic acids is 2. The van der Waals surface area contributed by atoms with Gasteiger partial charge in [-0.25, -0.2) is 4.79 Å². The van der Waals surface area contributed by atoms with Crippen molar-refractivity contribution in [2.24, 2.45) is 5.73 Å². The topological polar surface area (TPSA) is 81.4 Å². The van der Waals surface area contributed by atoms with E-state index in [1.54, 1.807) is 13.8 Å². The van der Waals surface area contributed by atoms with Crippen LogP contribution in [0, 0.1) is 0 Å². The second kappa shape index (κ2) is 8.99. The summed E-state index contributed by atoms with van der Waals surface area (Å²) in [5.74, 6) is -0.631. The molecule has 78 valence electrons. The second-order valence-electron chi connectivity index (χ2n) is 2.17. The fraction of sp³-hybridized carbons (Fsp3) is 0.750. The number of amides is 1. The highest BCUT2D eigenvalue weighted by atomic mass is 16.5. The van der Waals surface area contributed by atoms with E-state index in [1.807, 2.05) is 0 Å². The third-order valence-electron chi connectivity index (χ3n) is 1.06. The Bertz CT molecular complexity index is 159. The van der Waals surface area contributed by atoms with Crippen molar-refractivity contribution in [2.45, 2.75) is 26.8 Å². The van der Waals surface area contributed by atoms with Gasteiger partial charge in [-0.1, -0.05) is 0 Å². The van der Waals surface area contributed by atoms with Crippen molar-refractivity contribution in [1.82, 2.24) is 5.32 Å². The summed E-state index contributed by atoms with van der Waals surface area (Å²) in [6.07, 6.45) is 0. The van der Waals surface area contributed by atoms with Gasteiger partial charge in [0.25, 0.3) is 0 Å². The van der Waals surface area contributed by atoms with Gasteiger partial charge in [-0.3, -0.25) is 4.79 Å². The number of nitrogens with two attached hydrogens (primary N) is 1. The Morgan fingerprint density at radius 2 is 1.92 bits per heavy atom. The van der Waals surface area contributed by atoms with Gasteiger partial charge in [0.2, 0.25) is 5.91 Å². The predicted molar refractivity (Wildman–Crippen MR) is 50.0 cm³/mol. The molecule has 0 rings (SSSR count). The zero-order valence-corrected chi connectivity index (χ0v) is 8.59. The van der Waals surface area contributed by atoms with Crippen LogP contribution in [0.25, 0.3) is 0 Å². The summed E-state index contributed by atoms with van der Waals surface area (Å²) >= 11 is 0. The molecule has 0 aromatic rings. The first kappa shape index (κ1) is 14.4. The molecule has 13 heavy (non-hydrogen) atoms. The minimum atomic E-state index is -0.549. The number of ether oxygens (including phenoxy) is 1. The number of hydrogen-bond acceptors (Lipinski definition) is 4. The van der Waals surface area contributed by atoms with Crippen LogP contribution in [-0.4, -0.2) is 31.6 Å². The van der Waals surface area contributed by atoms with E-state index >= 15 is 0 Å². The highest BCUT2D eigenvalue weighted by Gasteiger charge is 2.13. The van der Waals surface area contributed by atoms with Gasteiger partial charge in [-0.15, -0.1) is 0 Å². The first-order valence-electron chi connectivity index (χ1n) is 4.09. The van der Waals surface area contributed by atoms with Gasteiger partial charge >= 0.3 is 5.97 Å². The second-order valence-corrected chi connectivity index (χ2v) is 2.17. The molecule has 0 aromatic carbocycles. The first-order chi connectivity index (χ1) is 6.07. The van der Waals surface area contributed by atoms with Crippen LogP contribution in [0.4, 0.5) is 0 Å². The van der Waals surface area contributed by atoms with E-state index in [9.17, 15) is 9.59 Å². The minimum absolute atomic E-state index is 0.231. The van der Waals surface area contributed by atoms with E-state index in [-0.39, 0.29) is 5.91 Å². The maximum Gasteiger partial charge on any atom is 0.328 e. The Hall–Kier alpha value is -1.10. The molecule has 1 amide bonds. The molecule has 1 unspecified atom stereocenters. The van der Waals surface area contributed by atoms with Crippen LogP contribution in [0.1, 0.15) is 20.8 Å². The zero-order chi connectivity index (χ0) is 10.9. The smallest absolute Gasteiger partial charge is 0.328 e. The fourth-order valence-corrected chi connectivity index (χ4v) is 0.631. The van der Waals surface area contributed by atoms with Crippen LogP contribution in [-0.2, 0) is 14.3 Å². The third kappa shape index (κ3) is 8.81. The van der Waals surface area contributed by atoms with E-state index in [1.165, 1.54) is 14.0 Å². The van der Waals surface area contributed by atoms with Crippen LogP contribution < -0.4 is 11.1 Å². The summed E-state index contributed by atoms with van der Waals surface area (Å²) in [7, 11) is 1.50. The lowest BCUT2D eigenvalue weighted by Gasteiger charge is -2.09. The summed E-state index contributed by atoms with van der Waals surface area (Å²) in [5.41, 5.74) is 4.50. The van der Waals surface area contributed by atoms with Crippen molar-refractivity contribution in [3.05, 3.63) is 0 Å². The van der Waals surface area contributed by atoms with Crippen molar-refractivity contribution in [3.8, 4) is 0 Å². The molecule has 1 atom stereocenters. The highest BCUT2D eigenvalue weighted by molar-refractivity contribution is 5.82. The van der Waals surface area contributed by atoms with Crippen LogP contribution >= 0.6 is 0 Å². The Morgan fingerprint density at radius 1 is 1.46 bits per heavy atom. The number of rotatable bonds is 3. The van der Waals surface area contributed by atoms with Crippen molar-refractivity contribution in [3.63, 3.8) is 0 Å². The van der Waals surface area contributed by atoms with E-state index in [0.29, 0.717) is 6.61 Å². The summed E-state index contributed by atoms with van der Waals surface area (Å²) in [4.78, 5) is 21.3. The Morgan fingerprint density at radius 3 is 2.23 bits per heavy atom. The Labute approximate surface area is 78.6 Å². The average Bonchev–Trinajstić information content (AvgIpc) is 2.07. The number of esters is 1. The molecule has 0 aromatic heterocycles. The molecular weight excluding hydrogens is 172 g/mol. The Balaban J connectivity index is 0. The Kier molecular flexibility index (Phi) is 9.98. The van der Waals surface area contributed by atoms with Crippen molar-refractivity contribution in [1.29, 1.82) is 0 Å². The van der Waals surface area contributed by atoms with Crippen LogP contribution in [0.2, 0.25) is 0 Å². The van der Waals surface area contributed by atoms with E-state index in [4.69, 9.17) is 0 Å². The van der Waals surface area contributed by atoms with Gasteiger partial charge in [0.05, 0.1) is 6.61 Å². The van der Waals surface area contributed by atoms with Gasteiger partial charge in [-0.05, 0) is 20.9 Å². The van der Waals surface area contributed by atoms with Crippen LogP contribution in [0.5, 0.6) is 0 Å². The first-order valence-corrected chi connectivity index (χ1v) is 4.09. The average molecular weight is 190 g/mol. The molecule has 0 aliphatic heterocycles. The molecule has 0 saturated heterocycles. The lowest BCUT2D eigenvalue weighted by Crippen LogP contribution is -2.38. The number of carbonyl (C=O) groups is 2. The maximum atomic E-state index is 10.8. The van der Waals surface area contributed by atoms with E-state index < -0.39 is 12.0 Å². The largest absolute Gasteiger partial charge is 0.464 e. The predicted octanol–water partition coefficient (Wildman–Crippen LogP) is -0.351. The molecule has 0 spiro atoms. The molecule has 3 N–H and O–H groups in total. The van der Waals surface area contributed by atoms with Gasteiger partial charge in [0.15, 0.2) is 0 Å². The monoisotopic (exact) mass is 190 g/mol. The van der Waals surface area contributed by atoms with E-state index in [2.05, 4.69) is 15.8 Å². The standard InChI is InChI=1S/C7H13NO3.CH5N/c1-4-11-7(10)5(2)8-6(3)9;1-2/h5H,4H2,1-3H3,(H,8,9);2H2,1H3. The van der Waals surface area contributed by atoms with Crippen molar-refractivity contribution < 1.29 is 14.3 Å². The van der Waals surface area contributed by atoms with Gasteiger partial charge in [0.1, 0.15) is 6.04 Å². The molecular formula is C8H18N2O3. The molecule has 0 radical (unpaired) electrons. The lowest BCUT2D eigenvalue weighted by molar-refractivity contribution is -0.146. The van der Waals surface area contributed by atoms with Crippen molar-refractivity contribution in [2.75, 3.05) is 13.7 Å². The molecule has 0 aliphatic rings. The van der Waals surface area contributed by atoms with Crippen molar-refractivity contribution >= 4 is 11.9 Å². The third-order valence-corrected chi connectivity index (χ3v) is 1.06. The normalized spacial score (nSPS) is 10.5. The highest BCUT2D eigenvalue weighted by Crippen LogP contribution is 1.86. The number of nitrogens with one attached hydrogen (secondary N) is 1. The molecule has 0 bridgehead atoms. The van der Waals surface area contributed by atoms with Gasteiger partial charge in [0, 0.05) is 6.92 Å². The summed E-state index contributed by atoms with van der Waals surface area (Å²) in [5, 5.41) is 2.41. The quantitative estimate of drug-likeness (QED) is 0.596. The molecule has 5 nitrogen and oxygen atoms in total. The van der Waals surface area contributed by atoms with E-state index in [0.717, 1.165) is 0 Å². The molecule has 0 aliphatic carbocycles. The molecule has 0 saturated carbocycles. The summed E-state index contributed by atoms with van der Waals surface area (Å²) in [6.45, 7) is 5.00.